The third-order valence-electron chi connectivity index (χ3n) is 7.53. The predicted octanol–water partition coefficient (Wildman–Crippen LogP) is 7.95. The van der Waals surface area contributed by atoms with Crippen molar-refractivity contribution in [1.82, 2.24) is 0 Å². The summed E-state index contributed by atoms with van der Waals surface area (Å²) >= 11 is 3.72. The molecule has 10 heteroatoms. The second-order valence-corrected chi connectivity index (χ2v) is 13.2. The van der Waals surface area contributed by atoms with Gasteiger partial charge < -0.3 is 37.9 Å². The molecule has 0 aromatic heterocycles. The molecule has 0 heterocycles. The molecule has 0 fully saturated rings. The Kier molecular flexibility index (Phi) is 17.8. The Bertz CT molecular complexity index is 1250. The lowest BCUT2D eigenvalue weighted by Gasteiger charge is -2.32. The normalized spacial score (nSPS) is 15.2. The molecule has 5 atom stereocenters. The molecule has 264 valence electrons. The summed E-state index contributed by atoms with van der Waals surface area (Å²) in [6.45, 7) is 14.4. The number of halogens is 1. The fourth-order valence-electron chi connectivity index (χ4n) is 5.54. The Hall–Kier alpha value is -2.63. The fraction of sp³-hybridized carbons (Fsp3) is 0.595. The molecule has 0 unspecified atom stereocenters. The summed E-state index contributed by atoms with van der Waals surface area (Å²) in [7, 11) is 6.21. The summed E-state index contributed by atoms with van der Waals surface area (Å²) < 4.78 is 47.7. The van der Waals surface area contributed by atoms with Gasteiger partial charge in [-0.25, -0.2) is 4.79 Å². The summed E-state index contributed by atoms with van der Waals surface area (Å²) in [6, 6.07) is 11.9. The zero-order chi connectivity index (χ0) is 35.1. The van der Waals surface area contributed by atoms with Gasteiger partial charge in [0, 0.05) is 31.8 Å². The van der Waals surface area contributed by atoms with Crippen LogP contribution in [0.1, 0.15) is 66.0 Å². The molecule has 0 amide bonds. The highest BCUT2D eigenvalue weighted by Crippen LogP contribution is 2.45. The van der Waals surface area contributed by atoms with Gasteiger partial charge >= 0.3 is 5.97 Å². The van der Waals surface area contributed by atoms with Crippen molar-refractivity contribution in [2.45, 2.75) is 98.4 Å². The van der Waals surface area contributed by atoms with Crippen molar-refractivity contribution < 1.29 is 42.7 Å². The Balaban J connectivity index is 2.47. The number of carbonyl (C=O) groups excluding carboxylic acids is 1. The molecule has 0 aliphatic rings. The lowest BCUT2D eigenvalue weighted by molar-refractivity contribution is -0.158. The number of hydrogen-bond acceptors (Lipinski definition) is 9. The van der Waals surface area contributed by atoms with Crippen LogP contribution in [0, 0.1) is 11.8 Å². The summed E-state index contributed by atoms with van der Waals surface area (Å²) in [5, 5.41) is 0. The smallest absolute Gasteiger partial charge is 0.339 e. The fourth-order valence-corrected chi connectivity index (χ4v) is 6.08. The first-order valence-electron chi connectivity index (χ1n) is 16.1. The van der Waals surface area contributed by atoms with E-state index in [0.29, 0.717) is 36.5 Å². The highest BCUT2D eigenvalue weighted by atomic mass is 79.9. The second-order valence-electron chi connectivity index (χ2n) is 12.4. The summed E-state index contributed by atoms with van der Waals surface area (Å²) in [5.41, 5.74) is 2.68. The van der Waals surface area contributed by atoms with Crippen molar-refractivity contribution >= 4 is 21.9 Å². The summed E-state index contributed by atoms with van der Waals surface area (Å²) in [4.78, 5) is 12.6. The van der Waals surface area contributed by atoms with Gasteiger partial charge in [-0.3, -0.25) is 0 Å². The van der Waals surface area contributed by atoms with Crippen molar-refractivity contribution in [3.8, 4) is 17.2 Å². The second kappa shape index (κ2) is 20.7. The molecule has 2 rings (SSSR count). The molecule has 0 bridgehead atoms. The maximum Gasteiger partial charge on any atom is 0.339 e. The Labute approximate surface area is 290 Å². The van der Waals surface area contributed by atoms with Gasteiger partial charge in [0.1, 0.15) is 12.5 Å². The molecule has 0 aliphatic heterocycles. The summed E-state index contributed by atoms with van der Waals surface area (Å²) in [5.74, 6) is 1.53. The first kappa shape index (κ1) is 40.5. The van der Waals surface area contributed by atoms with Crippen LogP contribution in [0.4, 0.5) is 0 Å². The van der Waals surface area contributed by atoms with E-state index < -0.39 is 12.1 Å². The van der Waals surface area contributed by atoms with Crippen LogP contribution in [0.2, 0.25) is 0 Å². The van der Waals surface area contributed by atoms with E-state index in [2.05, 4.69) is 29.8 Å². The largest absolute Gasteiger partial charge is 0.492 e. The van der Waals surface area contributed by atoms with Gasteiger partial charge in [0.05, 0.1) is 49.7 Å². The maximum atomic E-state index is 12.6. The van der Waals surface area contributed by atoms with Gasteiger partial charge in [0.15, 0.2) is 17.6 Å². The number of rotatable bonds is 21. The minimum Gasteiger partial charge on any atom is -0.492 e. The minimum atomic E-state index is -0.900. The molecule has 47 heavy (non-hydrogen) atoms. The zero-order valence-corrected chi connectivity index (χ0v) is 31.5. The van der Waals surface area contributed by atoms with Crippen LogP contribution < -0.4 is 14.2 Å². The number of methoxy groups -OCH3 is 4. The van der Waals surface area contributed by atoms with Gasteiger partial charge in [0.2, 0.25) is 0 Å². The van der Waals surface area contributed by atoms with Crippen molar-refractivity contribution in [3.63, 3.8) is 0 Å². The van der Waals surface area contributed by atoms with Crippen LogP contribution in [0.5, 0.6) is 17.2 Å². The number of benzene rings is 2. The number of esters is 1. The van der Waals surface area contributed by atoms with Crippen molar-refractivity contribution in [3.05, 3.63) is 63.6 Å². The monoisotopic (exact) mass is 722 g/mol. The predicted molar refractivity (Wildman–Crippen MR) is 187 cm³/mol. The molecule has 0 saturated heterocycles. The third kappa shape index (κ3) is 12.7. The quantitative estimate of drug-likeness (QED) is 0.0724. The lowest BCUT2D eigenvalue weighted by atomic mass is 9.88. The zero-order valence-electron chi connectivity index (χ0n) is 30.0. The molecular formula is C37H55BrO9. The Morgan fingerprint density at radius 2 is 1.55 bits per heavy atom. The highest BCUT2D eigenvalue weighted by molar-refractivity contribution is 9.10. The van der Waals surface area contributed by atoms with Gasteiger partial charge in [-0.05, 0) is 80.4 Å². The maximum absolute atomic E-state index is 12.6. The van der Waals surface area contributed by atoms with E-state index in [4.69, 9.17) is 37.9 Å². The van der Waals surface area contributed by atoms with E-state index in [9.17, 15) is 4.79 Å². The topological polar surface area (TPSA) is 90.9 Å². The van der Waals surface area contributed by atoms with E-state index in [0.717, 1.165) is 21.3 Å². The van der Waals surface area contributed by atoms with Gasteiger partial charge in [0.25, 0.3) is 0 Å². The van der Waals surface area contributed by atoms with Crippen molar-refractivity contribution in [2.75, 3.05) is 35.2 Å². The van der Waals surface area contributed by atoms with E-state index in [1.165, 1.54) is 14.2 Å². The first-order chi connectivity index (χ1) is 22.4. The molecule has 2 aromatic rings. The van der Waals surface area contributed by atoms with Crippen LogP contribution in [0.15, 0.2) is 52.5 Å². The van der Waals surface area contributed by atoms with E-state index in [1.54, 1.807) is 14.2 Å². The average Bonchev–Trinajstić information content (AvgIpc) is 3.02. The molecule has 0 aliphatic carbocycles. The van der Waals surface area contributed by atoms with E-state index in [-0.39, 0.29) is 43.0 Å². The molecule has 0 saturated carbocycles. The Morgan fingerprint density at radius 3 is 2.11 bits per heavy atom. The SMILES string of the molecule is COCO[C@H](C(=O)OC)/C(C)=C/[C@H](C)[C@@H](OCc1ccccc1)[C@H](C[C@H](C)Cc1c(OC(C)C)c(Br)cc(OC(C)C)c1OC)OC. The average molecular weight is 724 g/mol. The number of hydrogen-bond donors (Lipinski definition) is 0. The van der Waals surface area contributed by atoms with E-state index >= 15 is 0 Å². The minimum absolute atomic E-state index is 0.0324. The molecule has 9 nitrogen and oxygen atoms in total. The first-order valence-corrected chi connectivity index (χ1v) is 16.9. The van der Waals surface area contributed by atoms with Crippen LogP contribution in [-0.2, 0) is 41.5 Å². The third-order valence-corrected chi connectivity index (χ3v) is 8.12. The van der Waals surface area contributed by atoms with Crippen LogP contribution in [0.3, 0.4) is 0 Å². The molecular weight excluding hydrogens is 668 g/mol. The molecule has 2 aromatic carbocycles. The van der Waals surface area contributed by atoms with Crippen LogP contribution in [-0.4, -0.2) is 71.7 Å². The van der Waals surface area contributed by atoms with Gasteiger partial charge in [-0.1, -0.05) is 50.3 Å². The lowest BCUT2D eigenvalue weighted by Crippen LogP contribution is -2.38. The highest BCUT2D eigenvalue weighted by Gasteiger charge is 2.32. The van der Waals surface area contributed by atoms with Crippen molar-refractivity contribution in [1.29, 1.82) is 0 Å². The van der Waals surface area contributed by atoms with Gasteiger partial charge in [-0.15, -0.1) is 0 Å². The number of carbonyl (C=O) groups is 1. The molecule has 0 radical (unpaired) electrons. The van der Waals surface area contributed by atoms with Crippen LogP contribution in [0.25, 0.3) is 0 Å². The van der Waals surface area contributed by atoms with E-state index in [1.807, 2.05) is 77.1 Å². The molecule has 0 N–H and O–H groups in total. The van der Waals surface area contributed by atoms with Crippen LogP contribution >= 0.6 is 15.9 Å². The molecule has 0 spiro atoms. The standard InChI is InChI=1S/C37H55BrO9/c1-23(2)46-32-20-30(38)35(47-24(3)4)29(36(32)42-10)17-25(5)18-31(41-9)33(44-21-28-15-13-12-14-16-28)26(6)19-27(7)34(37(39)43-11)45-22-40-8/h12-16,19-20,23-26,31,33-34H,17-18,21-22H2,1-11H3/b27-19+/t25-,26+,31+,33-,34+/m1/s1. The Morgan fingerprint density at radius 1 is 0.894 bits per heavy atom. The van der Waals surface area contributed by atoms with Gasteiger partial charge in [-0.2, -0.15) is 0 Å². The van der Waals surface area contributed by atoms with Crippen molar-refractivity contribution in [2.24, 2.45) is 11.8 Å². The number of ether oxygens (including phenoxy) is 8. The summed E-state index contributed by atoms with van der Waals surface area (Å²) in [6.07, 6.45) is 1.69.